The van der Waals surface area contributed by atoms with Gasteiger partial charge in [0.2, 0.25) is 0 Å². The van der Waals surface area contributed by atoms with Gasteiger partial charge in [0.25, 0.3) is 0 Å². The summed E-state index contributed by atoms with van der Waals surface area (Å²) in [5, 5.41) is 8.94. The smallest absolute Gasteiger partial charge is 0.146 e. The second kappa shape index (κ2) is 4.43. The predicted molar refractivity (Wildman–Crippen MR) is 59.3 cm³/mol. The molecule has 0 aliphatic carbocycles. The topological polar surface area (TPSA) is 29.5 Å². The molecule has 0 aliphatic rings. The molecule has 0 aliphatic heterocycles. The predicted octanol–water partition coefficient (Wildman–Crippen LogP) is 2.55. The lowest BCUT2D eigenvalue weighted by Crippen LogP contribution is -1.93. The first kappa shape index (κ1) is 10.3. The number of ether oxygens (including phenoxy) is 1. The van der Waals surface area contributed by atoms with Crippen molar-refractivity contribution in [2.45, 2.75) is 6.61 Å². The van der Waals surface area contributed by atoms with Crippen LogP contribution < -0.4 is 4.74 Å². The normalized spacial score (nSPS) is 10.0. The van der Waals surface area contributed by atoms with Gasteiger partial charge in [-0.25, -0.2) is 0 Å². The van der Waals surface area contributed by atoms with E-state index in [-0.39, 0.29) is 6.61 Å². The van der Waals surface area contributed by atoms with E-state index in [1.54, 1.807) is 7.11 Å². The Balaban J connectivity index is 3.24. The minimum atomic E-state index is 0.0217. The molecule has 0 spiro atoms. The van der Waals surface area contributed by atoms with Crippen molar-refractivity contribution in [3.8, 4) is 5.75 Å². The lowest BCUT2D eigenvalue weighted by atomic mass is 10.2. The van der Waals surface area contributed by atoms with Gasteiger partial charge in [0.05, 0.1) is 21.8 Å². The molecule has 0 atom stereocenters. The van der Waals surface area contributed by atoms with Gasteiger partial charge in [-0.1, -0.05) is 6.07 Å². The van der Waals surface area contributed by atoms with E-state index in [4.69, 9.17) is 9.84 Å². The summed E-state index contributed by atoms with van der Waals surface area (Å²) in [6, 6.07) is 3.78. The third kappa shape index (κ3) is 1.92. The van der Waals surface area contributed by atoms with Crippen LogP contribution in [-0.2, 0) is 6.61 Å². The van der Waals surface area contributed by atoms with Gasteiger partial charge >= 0.3 is 0 Å². The van der Waals surface area contributed by atoms with Crippen LogP contribution in [-0.4, -0.2) is 12.2 Å². The summed E-state index contributed by atoms with van der Waals surface area (Å²) in [4.78, 5) is 0. The highest BCUT2D eigenvalue weighted by molar-refractivity contribution is 14.1. The maximum absolute atomic E-state index is 8.94. The fourth-order valence-corrected chi connectivity index (χ4v) is 2.56. The number of methoxy groups -OCH3 is 1. The molecule has 4 heteroatoms. The lowest BCUT2D eigenvalue weighted by molar-refractivity contribution is 0.280. The molecular weight excluding hydrogens is 335 g/mol. The van der Waals surface area contributed by atoms with Crippen LogP contribution in [0.5, 0.6) is 5.75 Å². The van der Waals surface area contributed by atoms with E-state index in [1.807, 2.05) is 12.1 Å². The number of benzene rings is 1. The molecule has 0 bridgehead atoms. The Kier molecular flexibility index (Phi) is 3.79. The quantitative estimate of drug-likeness (QED) is 0.837. The monoisotopic (exact) mass is 342 g/mol. The van der Waals surface area contributed by atoms with Crippen LogP contribution in [0.3, 0.4) is 0 Å². The average Bonchev–Trinajstić information content (AvgIpc) is 2.06. The first-order chi connectivity index (χ1) is 5.70. The molecule has 12 heavy (non-hydrogen) atoms. The first-order valence-electron chi connectivity index (χ1n) is 3.32. The standard InChI is InChI=1S/C8H8BrIO2/c1-12-8-6(10)3-2-5(4-11)7(8)9/h2-3,11H,4H2,1H3. The van der Waals surface area contributed by atoms with Crippen molar-refractivity contribution in [2.75, 3.05) is 7.11 Å². The molecule has 0 amide bonds. The second-order valence-electron chi connectivity index (χ2n) is 2.21. The summed E-state index contributed by atoms with van der Waals surface area (Å²) >= 11 is 5.54. The van der Waals surface area contributed by atoms with Gasteiger partial charge in [-0.3, -0.25) is 0 Å². The summed E-state index contributed by atoms with van der Waals surface area (Å²) in [5.74, 6) is 0.780. The molecule has 1 N–H and O–H groups in total. The Morgan fingerprint density at radius 1 is 1.58 bits per heavy atom. The highest BCUT2D eigenvalue weighted by Gasteiger charge is 2.08. The maximum atomic E-state index is 8.94. The van der Waals surface area contributed by atoms with E-state index < -0.39 is 0 Å². The molecule has 0 heterocycles. The van der Waals surface area contributed by atoms with E-state index in [0.29, 0.717) is 0 Å². The first-order valence-corrected chi connectivity index (χ1v) is 5.19. The Hall–Kier alpha value is 0.190. The second-order valence-corrected chi connectivity index (χ2v) is 4.17. The highest BCUT2D eigenvalue weighted by Crippen LogP contribution is 2.33. The molecule has 1 aromatic carbocycles. The lowest BCUT2D eigenvalue weighted by Gasteiger charge is -2.08. The minimum absolute atomic E-state index is 0.0217. The number of halogens is 2. The summed E-state index contributed by atoms with van der Waals surface area (Å²) in [6.07, 6.45) is 0. The zero-order chi connectivity index (χ0) is 9.14. The van der Waals surface area contributed by atoms with Gasteiger partial charge in [-0.05, 0) is 50.2 Å². The Morgan fingerprint density at radius 2 is 2.25 bits per heavy atom. The molecule has 2 nitrogen and oxygen atoms in total. The number of aliphatic hydroxyl groups is 1. The molecule has 0 fully saturated rings. The van der Waals surface area contributed by atoms with Gasteiger partial charge in [0, 0.05) is 0 Å². The molecule has 0 aromatic heterocycles. The maximum Gasteiger partial charge on any atom is 0.146 e. The van der Waals surface area contributed by atoms with Gasteiger partial charge in [0.15, 0.2) is 0 Å². The van der Waals surface area contributed by atoms with Crippen LogP contribution >= 0.6 is 38.5 Å². The van der Waals surface area contributed by atoms with Crippen LogP contribution in [0.15, 0.2) is 16.6 Å². The summed E-state index contributed by atoms with van der Waals surface area (Å²) in [5.41, 5.74) is 0.840. The van der Waals surface area contributed by atoms with Crippen molar-refractivity contribution >= 4 is 38.5 Å². The molecule has 1 aromatic rings. The van der Waals surface area contributed by atoms with E-state index in [2.05, 4.69) is 38.5 Å². The third-order valence-corrected chi connectivity index (χ3v) is 3.22. The molecule has 0 unspecified atom stereocenters. The van der Waals surface area contributed by atoms with E-state index in [1.165, 1.54) is 0 Å². The van der Waals surface area contributed by atoms with Gasteiger partial charge in [-0.2, -0.15) is 0 Å². The van der Waals surface area contributed by atoms with Crippen LogP contribution in [0.4, 0.5) is 0 Å². The summed E-state index contributed by atoms with van der Waals surface area (Å²) < 4.78 is 7.01. The molecular formula is C8H8BrIO2. The Bertz CT molecular complexity index is 289. The number of rotatable bonds is 2. The van der Waals surface area contributed by atoms with Crippen molar-refractivity contribution in [2.24, 2.45) is 0 Å². The Labute approximate surface area is 93.2 Å². The van der Waals surface area contributed by atoms with Crippen molar-refractivity contribution in [1.29, 1.82) is 0 Å². The third-order valence-electron chi connectivity index (χ3n) is 1.50. The summed E-state index contributed by atoms with van der Waals surface area (Å²) in [7, 11) is 1.61. The van der Waals surface area contributed by atoms with Crippen LogP contribution in [0.25, 0.3) is 0 Å². The average molecular weight is 343 g/mol. The fourth-order valence-electron chi connectivity index (χ4n) is 0.882. The van der Waals surface area contributed by atoms with Crippen LogP contribution in [0.1, 0.15) is 5.56 Å². The number of hydrogen-bond acceptors (Lipinski definition) is 2. The van der Waals surface area contributed by atoms with Gasteiger partial charge in [-0.15, -0.1) is 0 Å². The van der Waals surface area contributed by atoms with E-state index in [9.17, 15) is 0 Å². The minimum Gasteiger partial charge on any atom is -0.494 e. The van der Waals surface area contributed by atoms with Crippen molar-refractivity contribution in [1.82, 2.24) is 0 Å². The fraction of sp³-hybridized carbons (Fsp3) is 0.250. The molecule has 1 rings (SSSR count). The van der Waals surface area contributed by atoms with Crippen LogP contribution in [0, 0.1) is 3.57 Å². The zero-order valence-electron chi connectivity index (χ0n) is 6.47. The van der Waals surface area contributed by atoms with Crippen molar-refractivity contribution in [3.63, 3.8) is 0 Å². The zero-order valence-corrected chi connectivity index (χ0v) is 10.2. The van der Waals surface area contributed by atoms with Crippen molar-refractivity contribution < 1.29 is 9.84 Å². The highest BCUT2D eigenvalue weighted by atomic mass is 127. The van der Waals surface area contributed by atoms with Crippen LogP contribution in [0.2, 0.25) is 0 Å². The molecule has 0 radical (unpaired) electrons. The SMILES string of the molecule is COc1c(I)ccc(CO)c1Br. The molecule has 0 saturated heterocycles. The molecule has 66 valence electrons. The van der Waals surface area contributed by atoms with Gasteiger partial charge in [0.1, 0.15) is 5.75 Å². The Morgan fingerprint density at radius 3 is 2.75 bits per heavy atom. The van der Waals surface area contributed by atoms with Crippen molar-refractivity contribution in [3.05, 3.63) is 25.7 Å². The number of hydrogen-bond donors (Lipinski definition) is 1. The largest absolute Gasteiger partial charge is 0.494 e. The number of aliphatic hydroxyl groups excluding tert-OH is 1. The van der Waals surface area contributed by atoms with E-state index in [0.717, 1.165) is 19.4 Å². The molecule has 0 saturated carbocycles. The van der Waals surface area contributed by atoms with E-state index >= 15 is 0 Å². The van der Waals surface area contributed by atoms with Gasteiger partial charge < -0.3 is 9.84 Å². The summed E-state index contributed by atoms with van der Waals surface area (Å²) in [6.45, 7) is 0.0217.